The Morgan fingerprint density at radius 1 is 1.00 bits per heavy atom. The summed E-state index contributed by atoms with van der Waals surface area (Å²) in [4.78, 5) is 29.1. The lowest BCUT2D eigenvalue weighted by Crippen LogP contribution is -2.28. The van der Waals surface area contributed by atoms with Crippen LogP contribution in [0.3, 0.4) is 0 Å². The first-order valence-corrected chi connectivity index (χ1v) is 12.1. The van der Waals surface area contributed by atoms with Crippen molar-refractivity contribution in [2.75, 3.05) is 6.54 Å². The van der Waals surface area contributed by atoms with E-state index in [4.69, 9.17) is 4.74 Å². The lowest BCUT2D eigenvalue weighted by atomic mass is 9.95. The average Bonchev–Trinajstić information content (AvgIpc) is 2.74. The molecule has 0 aliphatic rings. The number of carbonyl (C=O) groups excluding carboxylic acids is 1. The number of carbonyl (C=O) groups is 1. The summed E-state index contributed by atoms with van der Waals surface area (Å²) in [6.45, 7) is 10.9. The molecule has 0 aliphatic carbocycles. The first-order chi connectivity index (χ1) is 15.4. The molecule has 0 aliphatic heterocycles. The Morgan fingerprint density at radius 3 is 2.24 bits per heavy atom. The molecule has 176 valence electrons. The number of hydrogen-bond donors (Lipinski definition) is 1. The van der Waals surface area contributed by atoms with Gasteiger partial charge in [0.15, 0.2) is 0 Å². The summed E-state index contributed by atoms with van der Waals surface area (Å²) < 4.78 is 35.0. The third-order valence-electron chi connectivity index (χ3n) is 6.14. The third-order valence-corrected chi connectivity index (χ3v) is 7.87. The first-order valence-electron chi connectivity index (χ1n) is 10.6. The van der Waals surface area contributed by atoms with Gasteiger partial charge in [-0.15, -0.1) is 0 Å². The summed E-state index contributed by atoms with van der Waals surface area (Å²) in [5.41, 5.74) is 5.65. The van der Waals surface area contributed by atoms with Crippen LogP contribution in [0.25, 0.3) is 5.65 Å². The minimum atomic E-state index is -3.79. The second-order valence-corrected chi connectivity index (χ2v) is 9.91. The van der Waals surface area contributed by atoms with E-state index in [1.54, 1.807) is 39.0 Å². The van der Waals surface area contributed by atoms with Crippen molar-refractivity contribution < 1.29 is 17.9 Å². The molecule has 8 nitrogen and oxygen atoms in total. The van der Waals surface area contributed by atoms with Crippen molar-refractivity contribution in [2.24, 2.45) is 0 Å². The number of rotatable bonds is 7. The summed E-state index contributed by atoms with van der Waals surface area (Å²) >= 11 is 0. The van der Waals surface area contributed by atoms with Gasteiger partial charge in [0.1, 0.15) is 12.3 Å². The van der Waals surface area contributed by atoms with E-state index in [9.17, 15) is 18.0 Å². The molecule has 3 aromatic rings. The molecular formula is C24H29N3O5S. The Bertz CT molecular complexity index is 1380. The van der Waals surface area contributed by atoms with Crippen molar-refractivity contribution in [3.8, 4) is 0 Å². The molecule has 1 N–H and O–H groups in total. The van der Waals surface area contributed by atoms with Crippen LogP contribution in [0.15, 0.2) is 34.0 Å². The number of aromatic nitrogens is 2. The van der Waals surface area contributed by atoms with Gasteiger partial charge < -0.3 is 4.74 Å². The molecule has 2 aromatic heterocycles. The number of pyridine rings is 1. The summed E-state index contributed by atoms with van der Waals surface area (Å²) in [6.07, 6.45) is -0.146. The van der Waals surface area contributed by atoms with E-state index in [0.29, 0.717) is 22.5 Å². The maximum atomic E-state index is 12.9. The third kappa shape index (κ3) is 4.99. The van der Waals surface area contributed by atoms with Crippen molar-refractivity contribution >= 4 is 21.6 Å². The van der Waals surface area contributed by atoms with Crippen LogP contribution in [0.2, 0.25) is 0 Å². The first kappa shape index (κ1) is 24.6. The van der Waals surface area contributed by atoms with Crippen LogP contribution < -0.4 is 10.3 Å². The van der Waals surface area contributed by atoms with Crippen LogP contribution in [-0.4, -0.2) is 30.3 Å². The summed E-state index contributed by atoms with van der Waals surface area (Å²) in [7, 11) is -3.79. The van der Waals surface area contributed by atoms with Crippen LogP contribution in [0, 0.1) is 41.5 Å². The molecule has 1 aromatic carbocycles. The zero-order valence-corrected chi connectivity index (χ0v) is 20.6. The van der Waals surface area contributed by atoms with E-state index in [-0.39, 0.29) is 30.0 Å². The number of benzene rings is 1. The summed E-state index contributed by atoms with van der Waals surface area (Å²) in [6, 6.07) is 6.62. The molecule has 3 rings (SSSR count). The van der Waals surface area contributed by atoms with Crippen molar-refractivity contribution in [1.82, 2.24) is 14.1 Å². The molecule has 2 heterocycles. The molecule has 0 saturated carbocycles. The van der Waals surface area contributed by atoms with Gasteiger partial charge in [0, 0.05) is 18.3 Å². The van der Waals surface area contributed by atoms with Crippen LogP contribution in [0.5, 0.6) is 0 Å². The van der Waals surface area contributed by atoms with E-state index in [1.807, 2.05) is 20.8 Å². The Balaban J connectivity index is 1.63. The van der Waals surface area contributed by atoms with Gasteiger partial charge in [0.05, 0.1) is 17.0 Å². The largest absolute Gasteiger partial charge is 0.459 e. The number of nitrogens with one attached hydrogen (secondary N) is 1. The number of ether oxygens (including phenoxy) is 1. The minimum absolute atomic E-state index is 0.0982. The zero-order chi connectivity index (χ0) is 24.5. The van der Waals surface area contributed by atoms with Crippen molar-refractivity contribution in [3.63, 3.8) is 0 Å². The average molecular weight is 472 g/mol. The van der Waals surface area contributed by atoms with E-state index < -0.39 is 16.0 Å². The number of aryl methyl sites for hydroxylation is 1. The lowest BCUT2D eigenvalue weighted by Gasteiger charge is -2.19. The molecule has 0 atom stereocenters. The van der Waals surface area contributed by atoms with Crippen molar-refractivity contribution in [3.05, 3.63) is 73.8 Å². The monoisotopic (exact) mass is 471 g/mol. The van der Waals surface area contributed by atoms with E-state index in [0.717, 1.165) is 22.4 Å². The number of nitrogens with zero attached hydrogens (tertiary/aromatic N) is 2. The van der Waals surface area contributed by atoms with Gasteiger partial charge in [-0.3, -0.25) is 14.0 Å². The maximum absolute atomic E-state index is 12.9. The topological polar surface area (TPSA) is 107 Å². The molecule has 0 radical (unpaired) electrons. The summed E-state index contributed by atoms with van der Waals surface area (Å²) in [5, 5.41) is 0. The van der Waals surface area contributed by atoms with Gasteiger partial charge in [-0.2, -0.15) is 0 Å². The fourth-order valence-electron chi connectivity index (χ4n) is 3.89. The molecular weight excluding hydrogens is 442 g/mol. The molecule has 0 fully saturated rings. The fraction of sp³-hybridized carbons (Fsp3) is 0.375. The van der Waals surface area contributed by atoms with Gasteiger partial charge in [-0.1, -0.05) is 6.07 Å². The standard InChI is InChI=1S/C24H29N3O5S/c1-14-8-7-9-21-26-20(12-22(28)27(14)21)13-32-23(29)10-11-25-33(30,31)24-18(5)16(3)15(2)17(4)19(24)6/h7-9,12,25H,10-11,13H2,1-6H3. The predicted molar refractivity (Wildman–Crippen MR) is 126 cm³/mol. The van der Waals surface area contributed by atoms with Crippen molar-refractivity contribution in [1.29, 1.82) is 0 Å². The van der Waals surface area contributed by atoms with Gasteiger partial charge >= 0.3 is 5.97 Å². The van der Waals surface area contributed by atoms with Gasteiger partial charge in [-0.25, -0.2) is 18.1 Å². The minimum Gasteiger partial charge on any atom is -0.459 e. The fourth-order valence-corrected chi connectivity index (χ4v) is 5.52. The number of fused-ring (bicyclic) bond motifs is 1. The quantitative estimate of drug-likeness (QED) is 0.531. The summed E-state index contributed by atoms with van der Waals surface area (Å²) in [5.74, 6) is -0.589. The van der Waals surface area contributed by atoms with Gasteiger partial charge in [-0.05, 0) is 81.5 Å². The highest BCUT2D eigenvalue weighted by Crippen LogP contribution is 2.29. The Kier molecular flexibility index (Phi) is 7.04. The number of esters is 1. The second-order valence-electron chi connectivity index (χ2n) is 8.21. The zero-order valence-electron chi connectivity index (χ0n) is 19.8. The molecule has 0 amide bonds. The highest BCUT2D eigenvalue weighted by Gasteiger charge is 2.23. The number of hydrogen-bond acceptors (Lipinski definition) is 6. The Hall–Kier alpha value is -3.04. The smallest absolute Gasteiger partial charge is 0.307 e. The van der Waals surface area contributed by atoms with Gasteiger partial charge in [0.25, 0.3) is 5.56 Å². The number of sulfonamides is 1. The highest BCUT2D eigenvalue weighted by molar-refractivity contribution is 7.89. The Labute approximate surface area is 193 Å². The van der Waals surface area contributed by atoms with Crippen LogP contribution in [0.1, 0.15) is 45.6 Å². The highest BCUT2D eigenvalue weighted by atomic mass is 32.2. The van der Waals surface area contributed by atoms with E-state index >= 15 is 0 Å². The SMILES string of the molecule is Cc1c(C)c(C)c(S(=O)(=O)NCCC(=O)OCc2cc(=O)n3c(C)cccc3n2)c(C)c1C. The van der Waals surface area contributed by atoms with Crippen LogP contribution in [-0.2, 0) is 26.2 Å². The van der Waals surface area contributed by atoms with E-state index in [1.165, 1.54) is 10.5 Å². The van der Waals surface area contributed by atoms with Crippen LogP contribution >= 0.6 is 0 Å². The predicted octanol–water partition coefficient (Wildman–Crippen LogP) is 2.96. The second kappa shape index (κ2) is 9.44. The molecule has 0 bridgehead atoms. The van der Waals surface area contributed by atoms with Crippen molar-refractivity contribution in [2.45, 2.75) is 59.5 Å². The molecule has 33 heavy (non-hydrogen) atoms. The van der Waals surface area contributed by atoms with E-state index in [2.05, 4.69) is 9.71 Å². The van der Waals surface area contributed by atoms with Crippen LogP contribution in [0.4, 0.5) is 0 Å². The lowest BCUT2D eigenvalue weighted by molar-refractivity contribution is -0.144. The van der Waals surface area contributed by atoms with Gasteiger partial charge in [0.2, 0.25) is 10.0 Å². The molecule has 0 unspecified atom stereocenters. The Morgan fingerprint density at radius 2 is 1.61 bits per heavy atom. The molecule has 0 spiro atoms. The normalized spacial score (nSPS) is 11.7. The maximum Gasteiger partial charge on any atom is 0.307 e. The molecule has 9 heteroatoms. The molecule has 0 saturated heterocycles.